The summed E-state index contributed by atoms with van der Waals surface area (Å²) in [5.74, 6) is 0. The van der Waals surface area contributed by atoms with Crippen molar-refractivity contribution in [2.75, 3.05) is 13.2 Å². The summed E-state index contributed by atoms with van der Waals surface area (Å²) in [5.41, 5.74) is 2.26. The Kier molecular flexibility index (Phi) is 6.49. The van der Waals surface area contributed by atoms with Crippen molar-refractivity contribution in [3.05, 3.63) is 72.9 Å². The van der Waals surface area contributed by atoms with E-state index >= 15 is 0 Å². The van der Waals surface area contributed by atoms with E-state index in [-0.39, 0.29) is 10.4 Å². The quantitative estimate of drug-likeness (QED) is 0.624. The first-order valence-corrected chi connectivity index (χ1v) is 16.4. The molecule has 2 saturated heterocycles. The molecule has 2 aromatic carbocycles. The van der Waals surface area contributed by atoms with E-state index in [9.17, 15) is 0 Å². The molecule has 160 valence electrons. The lowest BCUT2D eigenvalue weighted by molar-refractivity contribution is -0.165. The average molecular weight is 437 g/mol. The number of hydrogen-bond acceptors (Lipinski definition) is 2. The van der Waals surface area contributed by atoms with Gasteiger partial charge in [-0.05, 0) is 38.5 Å². The predicted octanol–water partition coefficient (Wildman–Crippen LogP) is 4.42. The topological polar surface area (TPSA) is 18.5 Å². The lowest BCUT2D eigenvalue weighted by Gasteiger charge is -2.61. The van der Waals surface area contributed by atoms with Crippen LogP contribution in [0.2, 0.25) is 13.1 Å². The summed E-state index contributed by atoms with van der Waals surface area (Å²) in [5, 5.41) is 2.47. The van der Waals surface area contributed by atoms with Crippen LogP contribution in [-0.4, -0.2) is 40.5 Å². The first-order chi connectivity index (χ1) is 14.6. The summed E-state index contributed by atoms with van der Waals surface area (Å²) in [6, 6.07) is 22.4. The van der Waals surface area contributed by atoms with Crippen molar-refractivity contribution in [1.29, 1.82) is 0 Å². The maximum atomic E-state index is 7.09. The van der Waals surface area contributed by atoms with Gasteiger partial charge >= 0.3 is 0 Å². The van der Waals surface area contributed by atoms with Gasteiger partial charge in [0.2, 0.25) is 0 Å². The molecule has 2 heterocycles. The van der Waals surface area contributed by atoms with Crippen molar-refractivity contribution in [3.63, 3.8) is 0 Å². The largest absolute Gasteiger partial charge is 0.375 e. The maximum absolute atomic E-state index is 7.09. The van der Waals surface area contributed by atoms with Crippen LogP contribution in [0.25, 0.3) is 0 Å². The van der Waals surface area contributed by atoms with Crippen molar-refractivity contribution in [2.45, 2.75) is 62.1 Å². The van der Waals surface area contributed by atoms with Crippen molar-refractivity contribution < 1.29 is 9.47 Å². The van der Waals surface area contributed by atoms with Gasteiger partial charge in [0.25, 0.3) is 0 Å². The van der Waals surface area contributed by atoms with Crippen LogP contribution in [0.5, 0.6) is 0 Å². The standard InChI is InChI=1S/C26H36O2Si2/c1-4-30(2,3)26(20-12-14-22-28-26)25(19-11-13-21-27-25)29(23-15-7-5-8-16-23)24-17-9-6-10-18-24/h4-10,15-18,29H,1,11-14,19-22H2,2-3H3. The second-order valence-electron chi connectivity index (χ2n) is 9.51. The first kappa shape index (κ1) is 21.8. The van der Waals surface area contributed by atoms with Gasteiger partial charge in [0.15, 0.2) is 0 Å². The highest BCUT2D eigenvalue weighted by molar-refractivity contribution is 6.92. The Hall–Kier alpha value is -1.47. The third kappa shape index (κ3) is 3.58. The molecule has 0 N–H and O–H groups in total. The molecule has 0 aromatic heterocycles. The molecular weight excluding hydrogens is 400 g/mol. The fourth-order valence-corrected chi connectivity index (χ4v) is 14.6. The fourth-order valence-electron chi connectivity index (χ4n) is 5.96. The summed E-state index contributed by atoms with van der Waals surface area (Å²) >= 11 is 0. The van der Waals surface area contributed by atoms with Gasteiger partial charge in [-0.3, -0.25) is 0 Å². The second kappa shape index (κ2) is 8.95. The van der Waals surface area contributed by atoms with Crippen LogP contribution in [0.1, 0.15) is 38.5 Å². The molecule has 0 amide bonds. The van der Waals surface area contributed by atoms with Crippen LogP contribution in [0.3, 0.4) is 0 Å². The highest BCUT2D eigenvalue weighted by atomic mass is 28.3. The monoisotopic (exact) mass is 436 g/mol. The third-order valence-electron chi connectivity index (χ3n) is 7.54. The van der Waals surface area contributed by atoms with Crippen molar-refractivity contribution in [2.24, 2.45) is 0 Å². The van der Waals surface area contributed by atoms with Gasteiger partial charge in [-0.25, -0.2) is 0 Å². The summed E-state index contributed by atoms with van der Waals surface area (Å²) in [7, 11) is -3.75. The molecule has 0 aliphatic carbocycles. The molecule has 0 bridgehead atoms. The fraction of sp³-hybridized carbons (Fsp3) is 0.462. The Morgan fingerprint density at radius 2 is 1.33 bits per heavy atom. The van der Waals surface area contributed by atoms with E-state index in [1.165, 1.54) is 23.2 Å². The zero-order valence-corrected chi connectivity index (χ0v) is 20.8. The molecule has 2 aliphatic rings. The summed E-state index contributed by atoms with van der Waals surface area (Å²) in [6.45, 7) is 10.9. The lowest BCUT2D eigenvalue weighted by atomic mass is 9.96. The Labute approximate surface area is 184 Å². The molecule has 0 radical (unpaired) electrons. The smallest absolute Gasteiger partial charge is 0.141 e. The molecule has 2 aromatic rings. The molecule has 0 spiro atoms. The molecule has 4 heteroatoms. The molecule has 2 atom stereocenters. The third-order valence-corrected chi connectivity index (χ3v) is 15.7. The van der Waals surface area contributed by atoms with Gasteiger partial charge < -0.3 is 9.47 Å². The van der Waals surface area contributed by atoms with Crippen LogP contribution in [0.4, 0.5) is 0 Å². The summed E-state index contributed by atoms with van der Waals surface area (Å²) < 4.78 is 14.1. The minimum atomic E-state index is -1.96. The van der Waals surface area contributed by atoms with Crippen molar-refractivity contribution in [1.82, 2.24) is 0 Å². The summed E-state index contributed by atoms with van der Waals surface area (Å²) in [6.07, 6.45) is 6.94. The molecule has 2 unspecified atom stereocenters. The molecular formula is C26H36O2Si2. The number of hydrogen-bond donors (Lipinski definition) is 0. The Bertz CT molecular complexity index is 783. The number of benzene rings is 2. The van der Waals surface area contributed by atoms with Gasteiger partial charge in [-0.15, -0.1) is 6.58 Å². The van der Waals surface area contributed by atoms with E-state index in [1.807, 2.05) is 0 Å². The average Bonchev–Trinajstić information content (AvgIpc) is 2.81. The van der Waals surface area contributed by atoms with Gasteiger partial charge in [-0.2, -0.15) is 0 Å². The van der Waals surface area contributed by atoms with E-state index in [4.69, 9.17) is 9.47 Å². The zero-order chi connectivity index (χ0) is 21.1. The molecule has 2 aliphatic heterocycles. The van der Waals surface area contributed by atoms with Crippen LogP contribution in [0, 0.1) is 0 Å². The molecule has 2 nitrogen and oxygen atoms in total. The highest BCUT2D eigenvalue weighted by Gasteiger charge is 2.65. The molecule has 30 heavy (non-hydrogen) atoms. The lowest BCUT2D eigenvalue weighted by Crippen LogP contribution is -2.80. The van der Waals surface area contributed by atoms with Crippen molar-refractivity contribution >= 4 is 27.2 Å². The van der Waals surface area contributed by atoms with Gasteiger partial charge in [0.1, 0.15) is 16.9 Å². The van der Waals surface area contributed by atoms with Gasteiger partial charge in [-0.1, -0.05) is 89.8 Å². The van der Waals surface area contributed by atoms with Crippen LogP contribution >= 0.6 is 0 Å². The molecule has 0 saturated carbocycles. The maximum Gasteiger partial charge on any atom is 0.141 e. The second-order valence-corrected chi connectivity index (χ2v) is 17.3. The Balaban J connectivity index is 1.98. The van der Waals surface area contributed by atoms with E-state index in [1.54, 1.807) is 0 Å². The zero-order valence-electron chi connectivity index (χ0n) is 18.6. The predicted molar refractivity (Wildman–Crippen MR) is 132 cm³/mol. The van der Waals surface area contributed by atoms with E-state index in [0.29, 0.717) is 0 Å². The minimum absolute atomic E-state index is 0.219. The highest BCUT2D eigenvalue weighted by Crippen LogP contribution is 2.49. The molecule has 4 rings (SSSR count). The van der Waals surface area contributed by atoms with Gasteiger partial charge in [0.05, 0.1) is 10.4 Å². The van der Waals surface area contributed by atoms with Crippen LogP contribution in [-0.2, 0) is 9.47 Å². The number of rotatable bonds is 6. The molecule has 2 fully saturated rings. The van der Waals surface area contributed by atoms with Crippen molar-refractivity contribution in [3.8, 4) is 0 Å². The first-order valence-electron chi connectivity index (χ1n) is 11.6. The minimum Gasteiger partial charge on any atom is -0.375 e. The Morgan fingerprint density at radius 3 is 1.77 bits per heavy atom. The normalized spacial score (nSPS) is 27.7. The van der Waals surface area contributed by atoms with Gasteiger partial charge in [0, 0.05) is 13.2 Å². The summed E-state index contributed by atoms with van der Waals surface area (Å²) in [4.78, 5) is 0. The van der Waals surface area contributed by atoms with E-state index in [0.717, 1.165) is 38.9 Å². The van der Waals surface area contributed by atoms with E-state index < -0.39 is 16.9 Å². The van der Waals surface area contributed by atoms with E-state index in [2.05, 4.69) is 86.0 Å². The number of ether oxygens (including phenoxy) is 2. The Morgan fingerprint density at radius 1 is 0.800 bits per heavy atom. The van der Waals surface area contributed by atoms with Crippen LogP contribution in [0.15, 0.2) is 72.9 Å². The van der Waals surface area contributed by atoms with Crippen LogP contribution < -0.4 is 10.4 Å². The SMILES string of the molecule is C=C[Si](C)(C)C1(C2([SiH](c3ccccc3)c3ccccc3)CCCCO2)CCCCO1.